The Bertz CT molecular complexity index is 891. The van der Waals surface area contributed by atoms with Crippen molar-refractivity contribution in [3.63, 3.8) is 0 Å². The summed E-state index contributed by atoms with van der Waals surface area (Å²) in [6, 6.07) is 5.41. The molecular formula is C17H18O10. The standard InChI is InChI=1S/C17H18O10/c1-7(18)24-6-10-12(21)13(22)14(23)17(25-10)27-16-9(19)4-2-8-3-5-11(20)26-15(8)16/h2-5,10,12-14,17,19,21-23H,6H2,1H3/t10-,12-,13+,14-,17+/m1/s1. The third-order valence-electron chi connectivity index (χ3n) is 4.08. The van der Waals surface area contributed by atoms with E-state index in [9.17, 15) is 30.0 Å². The summed E-state index contributed by atoms with van der Waals surface area (Å²) < 4.78 is 20.6. The molecule has 0 bridgehead atoms. The molecule has 4 N–H and O–H groups in total. The van der Waals surface area contributed by atoms with Crippen molar-refractivity contribution in [1.82, 2.24) is 0 Å². The fraction of sp³-hybridized carbons (Fsp3) is 0.412. The molecule has 0 unspecified atom stereocenters. The molecule has 1 aliphatic rings. The maximum absolute atomic E-state index is 11.5. The van der Waals surface area contributed by atoms with Crippen LogP contribution in [0.2, 0.25) is 0 Å². The summed E-state index contributed by atoms with van der Waals surface area (Å²) in [4.78, 5) is 22.5. The molecule has 1 aromatic carbocycles. The third-order valence-corrected chi connectivity index (χ3v) is 4.08. The van der Waals surface area contributed by atoms with Crippen LogP contribution in [0.15, 0.2) is 33.5 Å². The number of hydrogen-bond donors (Lipinski definition) is 4. The van der Waals surface area contributed by atoms with Crippen LogP contribution in [-0.4, -0.2) is 63.7 Å². The van der Waals surface area contributed by atoms with E-state index in [0.29, 0.717) is 5.39 Å². The van der Waals surface area contributed by atoms with Crippen LogP contribution in [-0.2, 0) is 14.3 Å². The first-order valence-corrected chi connectivity index (χ1v) is 8.03. The molecule has 2 heterocycles. The van der Waals surface area contributed by atoms with Gasteiger partial charge in [0, 0.05) is 18.4 Å². The lowest BCUT2D eigenvalue weighted by Gasteiger charge is -2.39. The molecule has 0 saturated carbocycles. The quantitative estimate of drug-likeness (QED) is 0.392. The number of benzene rings is 1. The smallest absolute Gasteiger partial charge is 0.336 e. The Kier molecular flexibility index (Phi) is 5.33. The van der Waals surface area contributed by atoms with Gasteiger partial charge in [-0.25, -0.2) is 4.79 Å². The number of hydrogen-bond acceptors (Lipinski definition) is 10. The monoisotopic (exact) mass is 382 g/mol. The minimum Gasteiger partial charge on any atom is -0.504 e. The number of carbonyl (C=O) groups is 1. The van der Waals surface area contributed by atoms with Crippen molar-refractivity contribution in [3.8, 4) is 11.5 Å². The van der Waals surface area contributed by atoms with Crippen LogP contribution < -0.4 is 10.4 Å². The first-order valence-electron chi connectivity index (χ1n) is 8.03. The number of aliphatic hydroxyl groups is 3. The largest absolute Gasteiger partial charge is 0.504 e. The molecule has 1 saturated heterocycles. The Morgan fingerprint density at radius 2 is 1.81 bits per heavy atom. The summed E-state index contributed by atoms with van der Waals surface area (Å²) in [6.45, 7) is 0.765. The van der Waals surface area contributed by atoms with Crippen LogP contribution in [0.25, 0.3) is 11.0 Å². The summed E-state index contributed by atoms with van der Waals surface area (Å²) in [7, 11) is 0. The van der Waals surface area contributed by atoms with E-state index < -0.39 is 54.7 Å². The highest BCUT2D eigenvalue weighted by Crippen LogP contribution is 2.36. The van der Waals surface area contributed by atoms with Crippen molar-refractivity contribution in [2.45, 2.75) is 37.6 Å². The highest BCUT2D eigenvalue weighted by atomic mass is 16.7. The number of esters is 1. The van der Waals surface area contributed by atoms with E-state index in [2.05, 4.69) is 0 Å². The molecule has 10 nitrogen and oxygen atoms in total. The van der Waals surface area contributed by atoms with Gasteiger partial charge in [0.2, 0.25) is 12.0 Å². The molecular weight excluding hydrogens is 364 g/mol. The van der Waals surface area contributed by atoms with Gasteiger partial charge in [-0.15, -0.1) is 0 Å². The van der Waals surface area contributed by atoms with Gasteiger partial charge >= 0.3 is 11.6 Å². The molecule has 3 rings (SSSR count). The molecule has 1 aliphatic heterocycles. The number of phenols is 1. The number of carbonyl (C=O) groups excluding carboxylic acids is 1. The van der Waals surface area contributed by atoms with Crippen LogP contribution in [0.5, 0.6) is 11.5 Å². The van der Waals surface area contributed by atoms with E-state index in [1.54, 1.807) is 0 Å². The minimum absolute atomic E-state index is 0.0875. The van der Waals surface area contributed by atoms with Crippen LogP contribution in [0.4, 0.5) is 0 Å². The lowest BCUT2D eigenvalue weighted by molar-refractivity contribution is -0.278. The zero-order valence-electron chi connectivity index (χ0n) is 14.1. The van der Waals surface area contributed by atoms with Crippen molar-refractivity contribution in [2.24, 2.45) is 0 Å². The Hall–Kier alpha value is -2.66. The predicted molar refractivity (Wildman–Crippen MR) is 88.1 cm³/mol. The molecule has 1 fully saturated rings. The van der Waals surface area contributed by atoms with E-state index in [0.717, 1.165) is 6.92 Å². The maximum Gasteiger partial charge on any atom is 0.336 e. The normalized spacial score (nSPS) is 28.1. The summed E-state index contributed by atoms with van der Waals surface area (Å²) in [5.74, 6) is -1.31. The third kappa shape index (κ3) is 3.88. The lowest BCUT2D eigenvalue weighted by Crippen LogP contribution is -2.60. The van der Waals surface area contributed by atoms with Gasteiger partial charge in [-0.05, 0) is 18.2 Å². The number of ether oxygens (including phenoxy) is 3. The van der Waals surface area contributed by atoms with Crippen LogP contribution >= 0.6 is 0 Å². The van der Waals surface area contributed by atoms with Gasteiger partial charge in [0.05, 0.1) is 0 Å². The average Bonchev–Trinajstić information content (AvgIpc) is 2.63. The summed E-state index contributed by atoms with van der Waals surface area (Å²) in [6.07, 6.45) is -7.65. The fourth-order valence-electron chi connectivity index (χ4n) is 2.68. The topological polar surface area (TPSA) is 156 Å². The number of fused-ring (bicyclic) bond motifs is 1. The predicted octanol–water partition coefficient (Wildman–Crippen LogP) is -0.752. The number of rotatable bonds is 4. The summed E-state index contributed by atoms with van der Waals surface area (Å²) in [5.41, 5.74) is -0.776. The zero-order valence-corrected chi connectivity index (χ0v) is 14.1. The lowest BCUT2D eigenvalue weighted by atomic mass is 9.99. The van der Waals surface area contributed by atoms with Gasteiger partial charge in [0.15, 0.2) is 11.3 Å². The Labute approximate surface area is 152 Å². The van der Waals surface area contributed by atoms with Gasteiger partial charge in [-0.2, -0.15) is 0 Å². The molecule has 146 valence electrons. The van der Waals surface area contributed by atoms with Gasteiger partial charge in [-0.1, -0.05) is 0 Å². The van der Waals surface area contributed by atoms with Crippen LogP contribution in [0.1, 0.15) is 6.92 Å². The van der Waals surface area contributed by atoms with Gasteiger partial charge in [-0.3, -0.25) is 4.79 Å². The Balaban J connectivity index is 1.90. The molecule has 0 amide bonds. The number of phenolic OH excluding ortho intramolecular Hbond substituents is 1. The second-order valence-corrected chi connectivity index (χ2v) is 6.02. The van der Waals surface area contributed by atoms with Gasteiger partial charge < -0.3 is 39.1 Å². The van der Waals surface area contributed by atoms with Gasteiger partial charge in [0.25, 0.3) is 0 Å². The number of aliphatic hydroxyl groups excluding tert-OH is 3. The molecule has 1 aromatic heterocycles. The molecule has 10 heteroatoms. The van der Waals surface area contributed by atoms with Crippen LogP contribution in [0, 0.1) is 0 Å². The second-order valence-electron chi connectivity index (χ2n) is 6.02. The molecule has 2 aromatic rings. The number of aromatic hydroxyl groups is 1. The maximum atomic E-state index is 11.5. The first-order chi connectivity index (χ1) is 12.8. The van der Waals surface area contributed by atoms with E-state index >= 15 is 0 Å². The van der Waals surface area contributed by atoms with E-state index in [4.69, 9.17) is 18.6 Å². The Morgan fingerprint density at radius 3 is 2.52 bits per heavy atom. The highest BCUT2D eigenvalue weighted by Gasteiger charge is 2.45. The van der Waals surface area contributed by atoms with Crippen molar-refractivity contribution >= 4 is 16.9 Å². The SMILES string of the molecule is CC(=O)OC[C@H]1O[C@@H](Oc2c(O)ccc3ccc(=O)oc23)[C@H](O)[C@@H](O)[C@@H]1O. The van der Waals surface area contributed by atoms with E-state index in [1.807, 2.05) is 0 Å². The minimum atomic E-state index is -1.70. The molecule has 27 heavy (non-hydrogen) atoms. The summed E-state index contributed by atoms with van der Waals surface area (Å²) >= 11 is 0. The van der Waals surface area contributed by atoms with E-state index in [-0.39, 0.29) is 11.3 Å². The average molecular weight is 382 g/mol. The van der Waals surface area contributed by atoms with Crippen molar-refractivity contribution < 1.29 is 43.8 Å². The van der Waals surface area contributed by atoms with Crippen molar-refractivity contribution in [3.05, 3.63) is 34.7 Å². The molecule has 0 spiro atoms. The molecule has 0 aliphatic carbocycles. The Morgan fingerprint density at radius 1 is 1.11 bits per heavy atom. The van der Waals surface area contributed by atoms with Crippen LogP contribution in [0.3, 0.4) is 0 Å². The van der Waals surface area contributed by atoms with Gasteiger partial charge in [0.1, 0.15) is 31.0 Å². The zero-order chi connectivity index (χ0) is 19.7. The molecule has 0 radical (unpaired) electrons. The van der Waals surface area contributed by atoms with Crippen molar-refractivity contribution in [2.75, 3.05) is 6.61 Å². The van der Waals surface area contributed by atoms with E-state index in [1.165, 1.54) is 24.3 Å². The van der Waals surface area contributed by atoms with Crippen molar-refractivity contribution in [1.29, 1.82) is 0 Å². The fourth-order valence-corrected chi connectivity index (χ4v) is 2.68. The molecule has 5 atom stereocenters. The summed E-state index contributed by atoms with van der Waals surface area (Å²) in [5, 5.41) is 40.6. The highest BCUT2D eigenvalue weighted by molar-refractivity contribution is 5.85. The first kappa shape index (κ1) is 19.1. The second kappa shape index (κ2) is 7.53.